The quantitative estimate of drug-likeness (QED) is 0.339. The van der Waals surface area contributed by atoms with Crippen LogP contribution in [0.15, 0.2) is 72.8 Å². The zero-order valence-corrected chi connectivity index (χ0v) is 22.8. The summed E-state index contributed by atoms with van der Waals surface area (Å²) in [6.45, 7) is 7.58. The fraction of sp³-hybridized carbons (Fsp3) is 0.300. The van der Waals surface area contributed by atoms with Gasteiger partial charge in [0.2, 0.25) is 11.8 Å². The number of benzene rings is 3. The average Bonchev–Trinajstić information content (AvgIpc) is 3.33. The molecule has 1 aromatic heterocycles. The topological polar surface area (TPSA) is 106 Å². The number of hydrogen-bond acceptors (Lipinski definition) is 6. The summed E-state index contributed by atoms with van der Waals surface area (Å²) in [5.74, 6) is -1.20. The van der Waals surface area contributed by atoms with Gasteiger partial charge >= 0.3 is 5.97 Å². The van der Waals surface area contributed by atoms with E-state index in [0.717, 1.165) is 12.0 Å². The predicted molar refractivity (Wildman–Crippen MR) is 149 cm³/mol. The van der Waals surface area contributed by atoms with Crippen LogP contribution in [0.5, 0.6) is 0 Å². The number of fused-ring (bicyclic) bond motifs is 1. The molecule has 0 bridgehead atoms. The van der Waals surface area contributed by atoms with Crippen molar-refractivity contribution in [3.05, 3.63) is 89.5 Å². The molecule has 3 aromatic carbocycles. The fourth-order valence-corrected chi connectivity index (χ4v) is 4.34. The van der Waals surface area contributed by atoms with E-state index in [9.17, 15) is 14.4 Å². The van der Waals surface area contributed by atoms with Gasteiger partial charge in [-0.1, -0.05) is 48.5 Å². The van der Waals surface area contributed by atoms with Crippen LogP contribution in [0.25, 0.3) is 11.0 Å². The van der Waals surface area contributed by atoms with Gasteiger partial charge in [-0.05, 0) is 74.7 Å². The molecule has 1 atom stereocenters. The van der Waals surface area contributed by atoms with Gasteiger partial charge in [0.15, 0.2) is 0 Å². The van der Waals surface area contributed by atoms with E-state index in [1.54, 1.807) is 24.3 Å². The predicted octanol–water partition coefficient (Wildman–Crippen LogP) is 4.47. The minimum absolute atomic E-state index is 0.147. The Hall–Kier alpha value is -4.53. The van der Waals surface area contributed by atoms with Crippen molar-refractivity contribution in [2.75, 3.05) is 12.0 Å². The van der Waals surface area contributed by atoms with E-state index >= 15 is 0 Å². The van der Waals surface area contributed by atoms with Crippen molar-refractivity contribution in [1.29, 1.82) is 0 Å². The Kier molecular flexibility index (Phi) is 8.09. The van der Waals surface area contributed by atoms with Crippen LogP contribution in [-0.4, -0.2) is 45.4 Å². The molecule has 0 saturated heterocycles. The van der Waals surface area contributed by atoms with E-state index in [1.165, 1.54) is 16.7 Å². The molecule has 1 N–H and O–H groups in total. The van der Waals surface area contributed by atoms with E-state index in [2.05, 4.69) is 22.6 Å². The molecule has 0 radical (unpaired) electrons. The Morgan fingerprint density at radius 1 is 0.974 bits per heavy atom. The van der Waals surface area contributed by atoms with Crippen molar-refractivity contribution in [2.24, 2.45) is 0 Å². The van der Waals surface area contributed by atoms with Crippen molar-refractivity contribution in [1.82, 2.24) is 20.3 Å². The SMILES string of the molecule is CCc1ccc([C@H](C(=O)NC(C)(C)C)N(C(=O)Cn2nnc3ccccc32)c2ccc(C(=O)OC)cc2)cc1. The highest BCUT2D eigenvalue weighted by atomic mass is 16.5. The first-order chi connectivity index (χ1) is 18.6. The summed E-state index contributed by atoms with van der Waals surface area (Å²) in [7, 11) is 1.31. The van der Waals surface area contributed by atoms with Crippen molar-refractivity contribution < 1.29 is 19.1 Å². The number of aryl methyl sites for hydroxylation is 1. The number of hydrogen-bond donors (Lipinski definition) is 1. The summed E-state index contributed by atoms with van der Waals surface area (Å²) in [6, 6.07) is 20.5. The number of anilines is 1. The molecule has 2 amide bonds. The third-order valence-corrected chi connectivity index (χ3v) is 6.25. The van der Waals surface area contributed by atoms with E-state index in [-0.39, 0.29) is 18.4 Å². The molecule has 4 rings (SSSR count). The molecule has 0 aliphatic rings. The van der Waals surface area contributed by atoms with Gasteiger partial charge in [0.25, 0.3) is 0 Å². The lowest BCUT2D eigenvalue weighted by atomic mass is 9.99. The molecular weight excluding hydrogens is 494 g/mol. The first-order valence-corrected chi connectivity index (χ1v) is 12.8. The van der Waals surface area contributed by atoms with Crippen molar-refractivity contribution in [3.8, 4) is 0 Å². The summed E-state index contributed by atoms with van der Waals surface area (Å²) in [5.41, 5.74) is 3.38. The first kappa shape index (κ1) is 27.5. The molecule has 39 heavy (non-hydrogen) atoms. The lowest BCUT2D eigenvalue weighted by molar-refractivity contribution is -0.128. The van der Waals surface area contributed by atoms with Crippen LogP contribution >= 0.6 is 0 Å². The van der Waals surface area contributed by atoms with Crippen molar-refractivity contribution in [3.63, 3.8) is 0 Å². The minimum atomic E-state index is -0.985. The first-order valence-electron chi connectivity index (χ1n) is 12.8. The van der Waals surface area contributed by atoms with Crippen molar-refractivity contribution in [2.45, 2.75) is 52.2 Å². The van der Waals surface area contributed by atoms with Gasteiger partial charge in [-0.2, -0.15) is 0 Å². The maximum Gasteiger partial charge on any atom is 0.337 e. The molecule has 9 nitrogen and oxygen atoms in total. The second-order valence-corrected chi connectivity index (χ2v) is 10.3. The summed E-state index contributed by atoms with van der Waals surface area (Å²) in [4.78, 5) is 41.5. The average molecular weight is 528 g/mol. The summed E-state index contributed by atoms with van der Waals surface area (Å²) in [5, 5.41) is 11.4. The van der Waals surface area contributed by atoms with Crippen LogP contribution < -0.4 is 10.2 Å². The van der Waals surface area contributed by atoms with Gasteiger partial charge in [0.05, 0.1) is 18.2 Å². The van der Waals surface area contributed by atoms with Gasteiger partial charge in [-0.15, -0.1) is 5.10 Å². The van der Waals surface area contributed by atoms with E-state index < -0.39 is 17.6 Å². The number of amides is 2. The monoisotopic (exact) mass is 527 g/mol. The maximum absolute atomic E-state index is 14.1. The van der Waals surface area contributed by atoms with Crippen LogP contribution in [0, 0.1) is 0 Å². The van der Waals surface area contributed by atoms with Gasteiger partial charge in [0.1, 0.15) is 18.1 Å². The highest BCUT2D eigenvalue weighted by Gasteiger charge is 2.35. The van der Waals surface area contributed by atoms with Gasteiger partial charge in [-0.25, -0.2) is 9.48 Å². The van der Waals surface area contributed by atoms with Crippen LogP contribution in [0.4, 0.5) is 5.69 Å². The van der Waals surface area contributed by atoms with Crippen LogP contribution in [0.1, 0.15) is 55.2 Å². The Labute approximate surface area is 227 Å². The largest absolute Gasteiger partial charge is 0.465 e. The number of methoxy groups -OCH3 is 1. The second-order valence-electron chi connectivity index (χ2n) is 10.3. The fourth-order valence-electron chi connectivity index (χ4n) is 4.34. The number of carbonyl (C=O) groups is 3. The molecule has 0 spiro atoms. The third kappa shape index (κ3) is 6.31. The second kappa shape index (κ2) is 11.5. The number of ether oxygens (including phenoxy) is 1. The van der Waals surface area contributed by atoms with Gasteiger partial charge in [0, 0.05) is 11.2 Å². The molecule has 9 heteroatoms. The number of nitrogens with zero attached hydrogens (tertiary/aromatic N) is 4. The summed E-state index contributed by atoms with van der Waals surface area (Å²) < 4.78 is 6.34. The molecule has 202 valence electrons. The summed E-state index contributed by atoms with van der Waals surface area (Å²) in [6.07, 6.45) is 0.843. The standard InChI is InChI=1S/C30H33N5O4/c1-6-20-11-13-21(14-12-20)27(28(37)31-30(2,3)4)35(23-17-15-22(16-18-23)29(38)39-5)26(36)19-34-25-10-8-7-9-24(25)32-33-34/h7-18,27H,6,19H2,1-5H3,(H,31,37)/t27-/m1/s1. The molecule has 1 heterocycles. The van der Waals surface area contributed by atoms with Crippen LogP contribution in [0.2, 0.25) is 0 Å². The number of nitrogens with one attached hydrogen (secondary N) is 1. The smallest absolute Gasteiger partial charge is 0.337 e. The van der Waals surface area contributed by atoms with Gasteiger partial charge in [-0.3, -0.25) is 14.5 Å². The number of para-hydroxylation sites is 1. The molecule has 4 aromatic rings. The molecule has 0 fully saturated rings. The number of rotatable bonds is 8. The lowest BCUT2D eigenvalue weighted by Crippen LogP contribution is -2.50. The van der Waals surface area contributed by atoms with Gasteiger partial charge < -0.3 is 10.1 Å². The normalized spacial score (nSPS) is 12.1. The van der Waals surface area contributed by atoms with Crippen molar-refractivity contribution >= 4 is 34.5 Å². The molecule has 0 saturated carbocycles. The Balaban J connectivity index is 1.83. The zero-order chi connectivity index (χ0) is 28.2. The Bertz CT molecular complexity index is 1470. The van der Waals surface area contributed by atoms with E-state index in [4.69, 9.17) is 4.74 Å². The third-order valence-electron chi connectivity index (χ3n) is 6.25. The number of esters is 1. The zero-order valence-electron chi connectivity index (χ0n) is 22.8. The Morgan fingerprint density at radius 2 is 1.64 bits per heavy atom. The highest BCUT2D eigenvalue weighted by molar-refractivity contribution is 6.02. The molecular formula is C30H33N5O4. The van der Waals surface area contributed by atoms with Crippen LogP contribution in [0.3, 0.4) is 0 Å². The minimum Gasteiger partial charge on any atom is -0.465 e. The lowest BCUT2D eigenvalue weighted by Gasteiger charge is -2.34. The molecule has 0 unspecified atom stereocenters. The Morgan fingerprint density at radius 3 is 2.26 bits per heavy atom. The number of aromatic nitrogens is 3. The number of carbonyl (C=O) groups excluding carboxylic acids is 3. The summed E-state index contributed by atoms with van der Waals surface area (Å²) >= 11 is 0. The maximum atomic E-state index is 14.1. The molecule has 0 aliphatic heterocycles. The molecule has 0 aliphatic carbocycles. The van der Waals surface area contributed by atoms with E-state index in [1.807, 2.05) is 69.3 Å². The highest BCUT2D eigenvalue weighted by Crippen LogP contribution is 2.30. The van der Waals surface area contributed by atoms with E-state index in [0.29, 0.717) is 27.8 Å². The van der Waals surface area contributed by atoms with Crippen LogP contribution in [-0.2, 0) is 27.3 Å².